The van der Waals surface area contributed by atoms with Crippen molar-refractivity contribution in [3.63, 3.8) is 0 Å². The quantitative estimate of drug-likeness (QED) is 0.321. The second kappa shape index (κ2) is 11.5. The van der Waals surface area contributed by atoms with Crippen LogP contribution in [0, 0.1) is 0 Å². The van der Waals surface area contributed by atoms with Gasteiger partial charge in [0.2, 0.25) is 0 Å². The number of aromatic nitrogens is 1. The topological polar surface area (TPSA) is 109 Å². The van der Waals surface area contributed by atoms with Crippen LogP contribution in [-0.2, 0) is 13.0 Å². The molecule has 0 aliphatic rings. The molecule has 7 heteroatoms. The minimum absolute atomic E-state index is 0.189. The van der Waals surface area contributed by atoms with Crippen LogP contribution in [0.1, 0.15) is 78.7 Å². The fourth-order valence-corrected chi connectivity index (χ4v) is 4.16. The average Bonchev–Trinajstić information content (AvgIpc) is 2.82. The smallest absolute Gasteiger partial charge is 0.335 e. The highest BCUT2D eigenvalue weighted by atomic mass is 16.4. The number of carboxylic acids is 1. The molecule has 1 amide bonds. The van der Waals surface area contributed by atoms with Crippen LogP contribution in [0.4, 0.5) is 5.69 Å². The van der Waals surface area contributed by atoms with Gasteiger partial charge in [-0.2, -0.15) is 0 Å². The van der Waals surface area contributed by atoms with Gasteiger partial charge in [0.05, 0.1) is 11.1 Å². The molecular formula is C27H32N2O5. The van der Waals surface area contributed by atoms with Crippen molar-refractivity contribution in [1.29, 1.82) is 0 Å². The van der Waals surface area contributed by atoms with Gasteiger partial charge in [-0.05, 0) is 55.2 Å². The number of fused-ring (bicyclic) bond motifs is 1. The Morgan fingerprint density at radius 2 is 1.71 bits per heavy atom. The molecule has 0 bridgehead atoms. The molecule has 2 aromatic carbocycles. The monoisotopic (exact) mass is 464 g/mol. The molecule has 0 aliphatic carbocycles. The molecule has 0 unspecified atom stereocenters. The SMILES string of the molecule is CCCCCCn1c(=O)c(C(=O)Nc2ccc(C(=O)O)c(CCCC)c2)c(O)c2ccccc21. The van der Waals surface area contributed by atoms with Crippen LogP contribution < -0.4 is 10.9 Å². The number of carboxylic acid groups (broad SMARTS) is 1. The highest BCUT2D eigenvalue weighted by Gasteiger charge is 2.22. The third-order valence-corrected chi connectivity index (χ3v) is 6.00. The molecule has 1 heterocycles. The zero-order chi connectivity index (χ0) is 24.7. The van der Waals surface area contributed by atoms with Crippen LogP contribution in [0.3, 0.4) is 0 Å². The van der Waals surface area contributed by atoms with Gasteiger partial charge in [0.25, 0.3) is 11.5 Å². The predicted octanol–water partition coefficient (Wildman–Crippen LogP) is 5.58. The minimum atomic E-state index is -1.03. The van der Waals surface area contributed by atoms with E-state index in [0.29, 0.717) is 35.1 Å². The first-order chi connectivity index (χ1) is 16.4. The molecule has 0 aliphatic heterocycles. The van der Waals surface area contributed by atoms with Gasteiger partial charge in [-0.3, -0.25) is 9.59 Å². The zero-order valence-corrected chi connectivity index (χ0v) is 19.8. The van der Waals surface area contributed by atoms with Gasteiger partial charge in [0.15, 0.2) is 0 Å². The number of aromatic hydroxyl groups is 1. The van der Waals surface area contributed by atoms with Gasteiger partial charge in [0, 0.05) is 17.6 Å². The number of nitrogens with one attached hydrogen (secondary N) is 1. The van der Waals surface area contributed by atoms with Crippen LogP contribution >= 0.6 is 0 Å². The van der Waals surface area contributed by atoms with E-state index >= 15 is 0 Å². The Morgan fingerprint density at radius 3 is 2.41 bits per heavy atom. The first-order valence-electron chi connectivity index (χ1n) is 11.9. The maximum atomic E-state index is 13.3. The number of aryl methyl sites for hydroxylation is 2. The lowest BCUT2D eigenvalue weighted by molar-refractivity contribution is 0.0695. The van der Waals surface area contributed by atoms with E-state index in [1.54, 1.807) is 34.9 Å². The van der Waals surface area contributed by atoms with Crippen LogP contribution in [-0.4, -0.2) is 26.7 Å². The van der Waals surface area contributed by atoms with Gasteiger partial charge < -0.3 is 20.1 Å². The molecule has 0 spiro atoms. The fourth-order valence-electron chi connectivity index (χ4n) is 4.16. The summed E-state index contributed by atoms with van der Waals surface area (Å²) < 4.78 is 1.56. The van der Waals surface area contributed by atoms with Gasteiger partial charge in [-0.15, -0.1) is 0 Å². The number of unbranched alkanes of at least 4 members (excludes halogenated alkanes) is 4. The van der Waals surface area contributed by atoms with E-state index in [1.165, 1.54) is 12.1 Å². The number of carbonyl (C=O) groups excluding carboxylic acids is 1. The highest BCUT2D eigenvalue weighted by molar-refractivity contribution is 6.09. The summed E-state index contributed by atoms with van der Waals surface area (Å²) in [6.07, 6.45) is 6.17. The summed E-state index contributed by atoms with van der Waals surface area (Å²) in [7, 11) is 0. The van der Waals surface area contributed by atoms with Gasteiger partial charge in [-0.1, -0.05) is 51.7 Å². The number of para-hydroxylation sites is 1. The van der Waals surface area contributed by atoms with Crippen molar-refractivity contribution in [3.8, 4) is 5.75 Å². The second-order valence-electron chi connectivity index (χ2n) is 8.49. The molecule has 0 radical (unpaired) electrons. The summed E-state index contributed by atoms with van der Waals surface area (Å²) in [4.78, 5) is 38.0. The molecule has 0 atom stereocenters. The average molecular weight is 465 g/mol. The van der Waals surface area contributed by atoms with Crippen LogP contribution in [0.25, 0.3) is 10.9 Å². The summed E-state index contributed by atoms with van der Waals surface area (Å²) in [6, 6.07) is 11.6. The molecule has 34 heavy (non-hydrogen) atoms. The normalized spacial score (nSPS) is 11.0. The van der Waals surface area contributed by atoms with E-state index in [4.69, 9.17) is 0 Å². The number of hydrogen-bond acceptors (Lipinski definition) is 4. The molecule has 0 saturated heterocycles. The molecule has 7 nitrogen and oxygen atoms in total. The first-order valence-corrected chi connectivity index (χ1v) is 11.9. The van der Waals surface area contributed by atoms with Crippen molar-refractivity contribution >= 4 is 28.5 Å². The largest absolute Gasteiger partial charge is 0.506 e. The summed E-state index contributed by atoms with van der Waals surface area (Å²) >= 11 is 0. The Bertz CT molecular complexity index is 1250. The number of aromatic carboxylic acids is 1. The number of benzene rings is 2. The van der Waals surface area contributed by atoms with Crippen LogP contribution in [0.15, 0.2) is 47.3 Å². The molecule has 1 aromatic heterocycles. The van der Waals surface area contributed by atoms with Crippen molar-refractivity contribution < 1.29 is 19.8 Å². The summed E-state index contributed by atoms with van der Waals surface area (Å²) in [5, 5.41) is 23.4. The number of amides is 1. The first kappa shape index (κ1) is 25.0. The Hall–Kier alpha value is -3.61. The number of pyridine rings is 1. The van der Waals surface area contributed by atoms with E-state index in [9.17, 15) is 24.6 Å². The van der Waals surface area contributed by atoms with E-state index in [-0.39, 0.29) is 16.9 Å². The molecule has 180 valence electrons. The number of nitrogens with zero attached hydrogens (tertiary/aromatic N) is 1. The van der Waals surface area contributed by atoms with Crippen LogP contribution in [0.2, 0.25) is 0 Å². The maximum absolute atomic E-state index is 13.3. The zero-order valence-electron chi connectivity index (χ0n) is 19.8. The lowest BCUT2D eigenvalue weighted by atomic mass is 10.0. The number of carbonyl (C=O) groups is 2. The molecule has 3 rings (SSSR count). The Morgan fingerprint density at radius 1 is 0.971 bits per heavy atom. The van der Waals surface area contributed by atoms with Gasteiger partial charge in [0.1, 0.15) is 11.3 Å². The summed E-state index contributed by atoms with van der Waals surface area (Å²) in [6.45, 7) is 4.58. The van der Waals surface area contributed by atoms with E-state index in [2.05, 4.69) is 12.2 Å². The number of anilines is 1. The number of hydrogen-bond donors (Lipinski definition) is 3. The molecule has 0 fully saturated rings. The minimum Gasteiger partial charge on any atom is -0.506 e. The summed E-state index contributed by atoms with van der Waals surface area (Å²) in [5.41, 5.74) is 0.913. The lowest BCUT2D eigenvalue weighted by Crippen LogP contribution is -2.30. The fraction of sp³-hybridized carbons (Fsp3) is 0.370. The van der Waals surface area contributed by atoms with Gasteiger partial charge >= 0.3 is 5.97 Å². The molecule has 3 aromatic rings. The van der Waals surface area contributed by atoms with E-state index < -0.39 is 17.4 Å². The van der Waals surface area contributed by atoms with Crippen LogP contribution in [0.5, 0.6) is 5.75 Å². The lowest BCUT2D eigenvalue weighted by Gasteiger charge is -2.15. The Kier molecular flexibility index (Phi) is 8.46. The van der Waals surface area contributed by atoms with Crippen molar-refractivity contribution in [2.24, 2.45) is 0 Å². The van der Waals surface area contributed by atoms with Crippen molar-refractivity contribution in [2.45, 2.75) is 65.3 Å². The summed E-state index contributed by atoms with van der Waals surface area (Å²) in [5.74, 6) is -2.10. The third kappa shape index (κ3) is 5.47. The predicted molar refractivity (Wildman–Crippen MR) is 134 cm³/mol. The van der Waals surface area contributed by atoms with E-state index in [1.807, 2.05) is 6.92 Å². The molecule has 0 saturated carbocycles. The van der Waals surface area contributed by atoms with Crippen molar-refractivity contribution in [1.82, 2.24) is 4.57 Å². The van der Waals surface area contributed by atoms with Crippen molar-refractivity contribution in [2.75, 3.05) is 5.32 Å². The standard InChI is InChI=1S/C27H32N2O5/c1-3-5-7-10-16-29-22-13-9-8-12-21(22)24(30)23(26(29)32)25(31)28-19-14-15-20(27(33)34)18(17-19)11-6-4-2/h8-9,12-15,17,30H,3-7,10-11,16H2,1-2H3,(H,28,31)(H,33,34). The second-order valence-corrected chi connectivity index (χ2v) is 8.49. The Labute approximate surface area is 199 Å². The Balaban J connectivity index is 1.99. The molecular weight excluding hydrogens is 432 g/mol. The maximum Gasteiger partial charge on any atom is 0.335 e. The highest BCUT2D eigenvalue weighted by Crippen LogP contribution is 2.27. The molecule has 3 N–H and O–H groups in total. The van der Waals surface area contributed by atoms with Gasteiger partial charge in [-0.25, -0.2) is 4.79 Å². The third-order valence-electron chi connectivity index (χ3n) is 6.00. The van der Waals surface area contributed by atoms with Crippen molar-refractivity contribution in [3.05, 3.63) is 69.5 Å². The number of rotatable bonds is 11. The van der Waals surface area contributed by atoms with E-state index in [0.717, 1.165) is 38.5 Å².